The third kappa shape index (κ3) is 4.19. The van der Waals surface area contributed by atoms with E-state index >= 15 is 0 Å². The lowest BCUT2D eigenvalue weighted by molar-refractivity contribution is 0.0162. The number of aromatic nitrogens is 1. The smallest absolute Gasteiger partial charge is 0.269 e. The lowest BCUT2D eigenvalue weighted by atomic mass is 10.0. The Labute approximate surface area is 142 Å². The van der Waals surface area contributed by atoms with E-state index in [1.807, 2.05) is 37.3 Å². The fourth-order valence-corrected chi connectivity index (χ4v) is 2.97. The van der Waals surface area contributed by atoms with Gasteiger partial charge in [0.2, 0.25) is 0 Å². The Hall–Kier alpha value is -2.24. The van der Waals surface area contributed by atoms with E-state index in [0.29, 0.717) is 12.2 Å². The van der Waals surface area contributed by atoms with Gasteiger partial charge in [-0.15, -0.1) is 0 Å². The van der Waals surface area contributed by atoms with Crippen LogP contribution in [-0.4, -0.2) is 48.6 Å². The first kappa shape index (κ1) is 16.6. The fraction of sp³-hybridized carbons (Fsp3) is 0.368. The molecule has 1 aromatic heterocycles. The van der Waals surface area contributed by atoms with Gasteiger partial charge in [-0.1, -0.05) is 36.4 Å². The summed E-state index contributed by atoms with van der Waals surface area (Å²) < 4.78 is 5.45. The summed E-state index contributed by atoms with van der Waals surface area (Å²) in [5.74, 6) is -0.132. The summed E-state index contributed by atoms with van der Waals surface area (Å²) in [4.78, 5) is 19.1. The monoisotopic (exact) mass is 325 g/mol. The highest BCUT2D eigenvalue weighted by molar-refractivity contribution is 5.92. The van der Waals surface area contributed by atoms with Crippen LogP contribution in [0.2, 0.25) is 0 Å². The molecule has 3 rings (SSSR count). The molecule has 126 valence electrons. The quantitative estimate of drug-likeness (QED) is 0.916. The van der Waals surface area contributed by atoms with Crippen molar-refractivity contribution in [2.24, 2.45) is 0 Å². The second-order valence-corrected chi connectivity index (χ2v) is 5.95. The number of nitrogens with zero attached hydrogens (tertiary/aromatic N) is 2. The number of carbonyl (C=O) groups is 1. The Morgan fingerprint density at radius 2 is 1.92 bits per heavy atom. The molecule has 5 heteroatoms. The summed E-state index contributed by atoms with van der Waals surface area (Å²) in [7, 11) is 0. The van der Waals surface area contributed by atoms with Crippen LogP contribution in [-0.2, 0) is 4.74 Å². The number of carbonyl (C=O) groups excluding carboxylic acids is 1. The zero-order valence-corrected chi connectivity index (χ0v) is 13.9. The summed E-state index contributed by atoms with van der Waals surface area (Å²) >= 11 is 0. The van der Waals surface area contributed by atoms with Gasteiger partial charge in [-0.2, -0.15) is 0 Å². The number of hydrogen-bond acceptors (Lipinski definition) is 4. The second-order valence-electron chi connectivity index (χ2n) is 5.95. The number of benzene rings is 1. The Morgan fingerprint density at radius 3 is 2.62 bits per heavy atom. The van der Waals surface area contributed by atoms with Gasteiger partial charge in [0.1, 0.15) is 5.69 Å². The van der Waals surface area contributed by atoms with Crippen molar-refractivity contribution in [1.82, 2.24) is 15.2 Å². The molecular weight excluding hydrogens is 302 g/mol. The summed E-state index contributed by atoms with van der Waals surface area (Å²) in [5, 5.41) is 3.04. The third-order valence-corrected chi connectivity index (χ3v) is 4.25. The molecule has 1 atom stereocenters. The van der Waals surface area contributed by atoms with E-state index in [1.165, 1.54) is 5.56 Å². The van der Waals surface area contributed by atoms with Gasteiger partial charge in [0, 0.05) is 25.3 Å². The summed E-state index contributed by atoms with van der Waals surface area (Å²) in [5.41, 5.74) is 2.51. The van der Waals surface area contributed by atoms with Crippen molar-refractivity contribution in [1.29, 1.82) is 0 Å². The minimum atomic E-state index is -0.132. The first-order chi connectivity index (χ1) is 11.7. The molecule has 1 aliphatic heterocycles. The van der Waals surface area contributed by atoms with E-state index in [-0.39, 0.29) is 11.9 Å². The fourth-order valence-electron chi connectivity index (χ4n) is 2.97. The molecule has 1 aromatic carbocycles. The largest absolute Gasteiger partial charge is 0.379 e. The van der Waals surface area contributed by atoms with E-state index < -0.39 is 0 Å². The predicted octanol–water partition coefficient (Wildman–Crippen LogP) is 2.19. The molecule has 1 fully saturated rings. The van der Waals surface area contributed by atoms with Crippen molar-refractivity contribution >= 4 is 5.91 Å². The maximum atomic E-state index is 12.4. The lowest BCUT2D eigenvalue weighted by Crippen LogP contribution is -2.43. The van der Waals surface area contributed by atoms with Crippen LogP contribution in [0.15, 0.2) is 48.5 Å². The van der Waals surface area contributed by atoms with Crippen LogP contribution >= 0.6 is 0 Å². The predicted molar refractivity (Wildman–Crippen MR) is 92.9 cm³/mol. The Bertz CT molecular complexity index is 669. The minimum Gasteiger partial charge on any atom is -0.379 e. The normalized spacial score (nSPS) is 16.5. The standard InChI is InChI=1S/C19H23N3O2/c1-15-6-5-9-17(21-15)19(23)20-14-18(16-7-3-2-4-8-16)22-10-12-24-13-11-22/h2-9,18H,10-14H2,1H3,(H,20,23). The van der Waals surface area contributed by atoms with Gasteiger partial charge < -0.3 is 10.1 Å². The van der Waals surface area contributed by atoms with E-state index in [0.717, 1.165) is 32.0 Å². The molecule has 0 saturated carbocycles. The molecule has 2 aromatic rings. The summed E-state index contributed by atoms with van der Waals surface area (Å²) in [6, 6.07) is 15.9. The molecular formula is C19H23N3O2. The molecule has 0 spiro atoms. The summed E-state index contributed by atoms with van der Waals surface area (Å²) in [6.07, 6.45) is 0. The highest BCUT2D eigenvalue weighted by Crippen LogP contribution is 2.21. The second kappa shape index (κ2) is 8.04. The van der Waals surface area contributed by atoms with Crippen LogP contribution in [0.4, 0.5) is 0 Å². The molecule has 0 aliphatic carbocycles. The van der Waals surface area contributed by atoms with E-state index in [2.05, 4.69) is 27.3 Å². The van der Waals surface area contributed by atoms with Crippen molar-refractivity contribution in [3.8, 4) is 0 Å². The van der Waals surface area contributed by atoms with Crippen molar-refractivity contribution in [2.75, 3.05) is 32.8 Å². The van der Waals surface area contributed by atoms with Crippen molar-refractivity contribution in [3.05, 3.63) is 65.5 Å². The first-order valence-electron chi connectivity index (χ1n) is 8.32. The number of aryl methyl sites for hydroxylation is 1. The number of rotatable bonds is 5. The van der Waals surface area contributed by atoms with Crippen LogP contribution < -0.4 is 5.32 Å². The van der Waals surface area contributed by atoms with Crippen LogP contribution in [0, 0.1) is 6.92 Å². The third-order valence-electron chi connectivity index (χ3n) is 4.25. The van der Waals surface area contributed by atoms with Gasteiger partial charge in [0.05, 0.1) is 19.3 Å². The lowest BCUT2D eigenvalue weighted by Gasteiger charge is -2.34. The SMILES string of the molecule is Cc1cccc(C(=O)NCC(c2ccccc2)N2CCOCC2)n1. The maximum absolute atomic E-state index is 12.4. The van der Waals surface area contributed by atoms with Gasteiger partial charge in [-0.05, 0) is 24.6 Å². The van der Waals surface area contributed by atoms with E-state index in [9.17, 15) is 4.79 Å². The van der Waals surface area contributed by atoms with Crippen molar-refractivity contribution in [2.45, 2.75) is 13.0 Å². The highest BCUT2D eigenvalue weighted by atomic mass is 16.5. The summed E-state index contributed by atoms with van der Waals surface area (Å²) in [6.45, 7) is 5.65. The number of morpholine rings is 1. The molecule has 5 nitrogen and oxygen atoms in total. The van der Waals surface area contributed by atoms with Crippen molar-refractivity contribution in [3.63, 3.8) is 0 Å². The van der Waals surface area contributed by atoms with Crippen molar-refractivity contribution < 1.29 is 9.53 Å². The average Bonchev–Trinajstić information content (AvgIpc) is 2.63. The molecule has 1 aliphatic rings. The Kier molecular flexibility index (Phi) is 5.56. The number of ether oxygens (including phenoxy) is 1. The molecule has 24 heavy (non-hydrogen) atoms. The first-order valence-corrected chi connectivity index (χ1v) is 8.32. The molecule has 1 amide bonds. The molecule has 1 N–H and O–H groups in total. The number of pyridine rings is 1. The van der Waals surface area contributed by atoms with E-state index in [1.54, 1.807) is 6.07 Å². The van der Waals surface area contributed by atoms with Crippen LogP contribution in [0.5, 0.6) is 0 Å². The molecule has 1 saturated heterocycles. The topological polar surface area (TPSA) is 54.5 Å². The molecule has 1 unspecified atom stereocenters. The maximum Gasteiger partial charge on any atom is 0.269 e. The van der Waals surface area contributed by atoms with Gasteiger partial charge in [0.15, 0.2) is 0 Å². The van der Waals surface area contributed by atoms with Crippen LogP contribution in [0.1, 0.15) is 27.8 Å². The molecule has 0 bridgehead atoms. The van der Waals surface area contributed by atoms with Gasteiger partial charge in [0.25, 0.3) is 5.91 Å². The molecule has 2 heterocycles. The van der Waals surface area contributed by atoms with Gasteiger partial charge >= 0.3 is 0 Å². The number of amides is 1. The van der Waals surface area contributed by atoms with E-state index in [4.69, 9.17) is 4.74 Å². The highest BCUT2D eigenvalue weighted by Gasteiger charge is 2.23. The number of hydrogen-bond donors (Lipinski definition) is 1. The average molecular weight is 325 g/mol. The van der Waals surface area contributed by atoms with Gasteiger partial charge in [-0.3, -0.25) is 9.69 Å². The molecule has 0 radical (unpaired) electrons. The zero-order valence-electron chi connectivity index (χ0n) is 13.9. The minimum absolute atomic E-state index is 0.132. The van der Waals surface area contributed by atoms with Crippen LogP contribution in [0.3, 0.4) is 0 Å². The Morgan fingerprint density at radius 1 is 1.17 bits per heavy atom. The zero-order chi connectivity index (χ0) is 16.8. The number of nitrogens with one attached hydrogen (secondary N) is 1. The van der Waals surface area contributed by atoms with Gasteiger partial charge in [-0.25, -0.2) is 4.98 Å². The Balaban J connectivity index is 1.71. The van der Waals surface area contributed by atoms with Crippen LogP contribution in [0.25, 0.3) is 0 Å².